The molecule has 1 saturated heterocycles. The lowest BCUT2D eigenvalue weighted by atomic mass is 10.1. The van der Waals surface area contributed by atoms with Gasteiger partial charge in [-0.3, -0.25) is 14.9 Å². The van der Waals surface area contributed by atoms with Crippen LogP contribution in [-0.2, 0) is 9.59 Å². The number of carbonyl (C=O) groups is 3. The smallest absolute Gasteiger partial charge is 0.336 e. The van der Waals surface area contributed by atoms with E-state index < -0.39 is 17.8 Å². The molecule has 1 N–H and O–H groups in total. The van der Waals surface area contributed by atoms with Gasteiger partial charge in [-0.25, -0.2) is 9.69 Å². The SMILES string of the molecule is CCOc1ccc(OCC)c(N2C(=O)NC(=O)/C(=C\c3cccs3)C2=O)c1. The molecule has 0 saturated carbocycles. The number of carbonyl (C=O) groups excluding carboxylic acids is 3. The highest BCUT2D eigenvalue weighted by atomic mass is 32.1. The maximum atomic E-state index is 13.0. The van der Waals surface area contributed by atoms with Crippen LogP contribution in [0.5, 0.6) is 11.5 Å². The molecule has 8 heteroatoms. The highest BCUT2D eigenvalue weighted by Gasteiger charge is 2.38. The molecule has 4 amide bonds. The molecule has 27 heavy (non-hydrogen) atoms. The normalized spacial score (nSPS) is 15.9. The van der Waals surface area contributed by atoms with E-state index in [1.165, 1.54) is 17.4 Å². The van der Waals surface area contributed by atoms with E-state index in [1.54, 1.807) is 31.2 Å². The molecule has 1 fully saturated rings. The molecule has 1 aliphatic heterocycles. The van der Waals surface area contributed by atoms with Crippen LogP contribution in [0.4, 0.5) is 10.5 Å². The number of benzene rings is 1. The van der Waals surface area contributed by atoms with Crippen molar-refractivity contribution in [3.05, 3.63) is 46.2 Å². The molecule has 1 aliphatic rings. The molecule has 7 nitrogen and oxygen atoms in total. The Morgan fingerprint density at radius 1 is 1.11 bits per heavy atom. The van der Waals surface area contributed by atoms with Crippen LogP contribution in [0, 0.1) is 0 Å². The zero-order chi connectivity index (χ0) is 19.4. The van der Waals surface area contributed by atoms with Gasteiger partial charge < -0.3 is 9.47 Å². The number of nitrogens with zero attached hydrogens (tertiary/aromatic N) is 1. The summed E-state index contributed by atoms with van der Waals surface area (Å²) in [5, 5.41) is 4.04. The van der Waals surface area contributed by atoms with Crippen molar-refractivity contribution in [2.45, 2.75) is 13.8 Å². The second-order valence-corrected chi connectivity index (χ2v) is 6.45. The number of hydrogen-bond donors (Lipinski definition) is 1. The first kappa shape index (κ1) is 18.7. The number of hydrogen-bond acceptors (Lipinski definition) is 6. The Hall–Kier alpha value is -3.13. The minimum Gasteiger partial charge on any atom is -0.494 e. The molecular weight excluding hydrogens is 368 g/mol. The molecule has 2 aromatic rings. The third kappa shape index (κ3) is 3.85. The van der Waals surface area contributed by atoms with Gasteiger partial charge in [0.1, 0.15) is 17.1 Å². The molecule has 1 aromatic carbocycles. The van der Waals surface area contributed by atoms with Gasteiger partial charge in [0.05, 0.1) is 18.9 Å². The molecule has 0 unspecified atom stereocenters. The van der Waals surface area contributed by atoms with Crippen molar-refractivity contribution in [3.63, 3.8) is 0 Å². The molecule has 0 radical (unpaired) electrons. The Kier molecular flexibility index (Phi) is 5.56. The molecule has 1 aromatic heterocycles. The Labute approximate surface area is 160 Å². The monoisotopic (exact) mass is 386 g/mol. The molecule has 3 rings (SSSR count). The van der Waals surface area contributed by atoms with Crippen LogP contribution in [0.1, 0.15) is 18.7 Å². The lowest BCUT2D eigenvalue weighted by Gasteiger charge is -2.28. The van der Waals surface area contributed by atoms with E-state index >= 15 is 0 Å². The van der Waals surface area contributed by atoms with Crippen LogP contribution < -0.4 is 19.7 Å². The largest absolute Gasteiger partial charge is 0.494 e. The van der Waals surface area contributed by atoms with Gasteiger partial charge in [-0.15, -0.1) is 11.3 Å². The van der Waals surface area contributed by atoms with Crippen molar-refractivity contribution in [3.8, 4) is 11.5 Å². The van der Waals surface area contributed by atoms with E-state index in [0.717, 1.165) is 9.78 Å². The van der Waals surface area contributed by atoms with Crippen molar-refractivity contribution in [1.82, 2.24) is 5.32 Å². The lowest BCUT2D eigenvalue weighted by molar-refractivity contribution is -0.122. The van der Waals surface area contributed by atoms with E-state index in [0.29, 0.717) is 24.7 Å². The van der Waals surface area contributed by atoms with Gasteiger partial charge in [0, 0.05) is 10.9 Å². The fraction of sp³-hybridized carbons (Fsp3) is 0.211. The van der Waals surface area contributed by atoms with Crippen molar-refractivity contribution in [2.24, 2.45) is 0 Å². The second-order valence-electron chi connectivity index (χ2n) is 5.47. The van der Waals surface area contributed by atoms with Gasteiger partial charge in [-0.05, 0) is 43.5 Å². The number of thiophene rings is 1. The predicted octanol–water partition coefficient (Wildman–Crippen LogP) is 3.21. The van der Waals surface area contributed by atoms with Gasteiger partial charge in [0.25, 0.3) is 11.8 Å². The lowest BCUT2D eigenvalue weighted by Crippen LogP contribution is -2.54. The van der Waals surface area contributed by atoms with E-state index in [1.807, 2.05) is 18.4 Å². The summed E-state index contributed by atoms with van der Waals surface area (Å²) in [5.41, 5.74) is 0.0937. The van der Waals surface area contributed by atoms with Crippen molar-refractivity contribution in [1.29, 1.82) is 0 Å². The number of imide groups is 2. The number of anilines is 1. The van der Waals surface area contributed by atoms with Crippen LogP contribution >= 0.6 is 11.3 Å². The highest BCUT2D eigenvalue weighted by molar-refractivity contribution is 7.10. The fourth-order valence-corrected chi connectivity index (χ4v) is 3.26. The summed E-state index contributed by atoms with van der Waals surface area (Å²) < 4.78 is 11.0. The van der Waals surface area contributed by atoms with Gasteiger partial charge in [0.2, 0.25) is 0 Å². The first-order chi connectivity index (χ1) is 13.0. The second kappa shape index (κ2) is 8.05. The van der Waals surface area contributed by atoms with Crippen molar-refractivity contribution < 1.29 is 23.9 Å². The third-order valence-electron chi connectivity index (χ3n) is 3.71. The number of urea groups is 1. The van der Waals surface area contributed by atoms with E-state index in [4.69, 9.17) is 9.47 Å². The number of nitrogens with one attached hydrogen (secondary N) is 1. The first-order valence-corrected chi connectivity index (χ1v) is 9.27. The van der Waals surface area contributed by atoms with Gasteiger partial charge in [-0.1, -0.05) is 6.07 Å². The van der Waals surface area contributed by atoms with Gasteiger partial charge >= 0.3 is 6.03 Å². The summed E-state index contributed by atoms with van der Waals surface area (Å²) in [4.78, 5) is 39.3. The van der Waals surface area contributed by atoms with Crippen molar-refractivity contribution >= 4 is 40.9 Å². The molecule has 0 spiro atoms. The minimum atomic E-state index is -0.831. The number of barbiturate groups is 1. The topological polar surface area (TPSA) is 84.9 Å². The average molecular weight is 386 g/mol. The van der Waals surface area contributed by atoms with E-state index in [9.17, 15) is 14.4 Å². The zero-order valence-electron chi connectivity index (χ0n) is 14.9. The third-order valence-corrected chi connectivity index (χ3v) is 4.53. The Bertz CT molecular complexity index is 905. The number of rotatable bonds is 6. The minimum absolute atomic E-state index is 0.124. The molecule has 2 heterocycles. The number of ether oxygens (including phenoxy) is 2. The Balaban J connectivity index is 2.06. The summed E-state index contributed by atoms with van der Waals surface area (Å²) in [6.07, 6.45) is 1.47. The Morgan fingerprint density at radius 3 is 2.56 bits per heavy atom. The first-order valence-electron chi connectivity index (χ1n) is 8.39. The molecule has 0 bridgehead atoms. The van der Waals surface area contributed by atoms with Crippen molar-refractivity contribution in [2.75, 3.05) is 18.1 Å². The van der Waals surface area contributed by atoms with Crippen LogP contribution in [0.3, 0.4) is 0 Å². The van der Waals surface area contributed by atoms with Gasteiger partial charge in [0.15, 0.2) is 0 Å². The predicted molar refractivity (Wildman–Crippen MR) is 102 cm³/mol. The quantitative estimate of drug-likeness (QED) is 0.609. The molecule has 140 valence electrons. The summed E-state index contributed by atoms with van der Waals surface area (Å²) in [7, 11) is 0. The summed E-state index contributed by atoms with van der Waals surface area (Å²) in [5.74, 6) is -0.619. The molecule has 0 atom stereocenters. The van der Waals surface area contributed by atoms with Crippen LogP contribution in [0.15, 0.2) is 41.3 Å². The van der Waals surface area contributed by atoms with E-state index in [2.05, 4.69) is 5.32 Å². The van der Waals surface area contributed by atoms with E-state index in [-0.39, 0.29) is 11.3 Å². The highest BCUT2D eigenvalue weighted by Crippen LogP contribution is 2.35. The van der Waals surface area contributed by atoms with Crippen LogP contribution in [-0.4, -0.2) is 31.1 Å². The Morgan fingerprint density at radius 2 is 1.89 bits per heavy atom. The molecule has 0 aliphatic carbocycles. The molecular formula is C19H18N2O5S. The standard InChI is InChI=1S/C19H18N2O5S/c1-3-25-12-7-8-16(26-4-2)15(10-12)21-18(23)14(17(22)20-19(21)24)11-13-6-5-9-27-13/h5-11H,3-4H2,1-2H3,(H,20,22,24)/b14-11+. The summed E-state index contributed by atoms with van der Waals surface area (Å²) in [6.45, 7) is 4.40. The fourth-order valence-electron chi connectivity index (χ4n) is 2.60. The maximum Gasteiger partial charge on any atom is 0.336 e. The average Bonchev–Trinajstić information content (AvgIpc) is 3.14. The summed E-state index contributed by atoms with van der Waals surface area (Å²) >= 11 is 1.38. The summed E-state index contributed by atoms with van der Waals surface area (Å²) in [6, 6.07) is 7.62. The van der Waals surface area contributed by atoms with Crippen LogP contribution in [0.25, 0.3) is 6.08 Å². The number of amides is 4. The maximum absolute atomic E-state index is 13.0. The van der Waals surface area contributed by atoms with Gasteiger partial charge in [-0.2, -0.15) is 0 Å². The zero-order valence-corrected chi connectivity index (χ0v) is 15.7. The van der Waals surface area contributed by atoms with Crippen LogP contribution in [0.2, 0.25) is 0 Å².